The summed E-state index contributed by atoms with van der Waals surface area (Å²) in [4.78, 5) is 0. The van der Waals surface area contributed by atoms with E-state index in [1.165, 1.54) is 6.42 Å². The molecule has 0 spiro atoms. The van der Waals surface area contributed by atoms with Crippen LogP contribution in [0.5, 0.6) is 0 Å². The quantitative estimate of drug-likeness (QED) is 0.408. The van der Waals surface area contributed by atoms with E-state index in [-0.39, 0.29) is 6.92 Å². The van der Waals surface area contributed by atoms with Crippen molar-refractivity contribution in [2.24, 2.45) is 0 Å². The summed E-state index contributed by atoms with van der Waals surface area (Å²) >= 11 is 0. The standard InChI is InChI=1S/C3H7BO/c5-4-2-1-3-4/h5H,1-3H2. The largest absolute Gasteiger partial charge is 0.450 e. The van der Waals surface area contributed by atoms with Gasteiger partial charge in [0.2, 0.25) is 0 Å². The Hall–Kier alpha value is 0.0249. The van der Waals surface area contributed by atoms with Crippen molar-refractivity contribution in [3.05, 3.63) is 0 Å². The Labute approximate surface area is 32.1 Å². The molecule has 0 amide bonds. The van der Waals surface area contributed by atoms with Crippen molar-refractivity contribution in [2.45, 2.75) is 19.1 Å². The lowest BCUT2D eigenvalue weighted by Crippen LogP contribution is -2.19. The molecule has 0 aromatic rings. The van der Waals surface area contributed by atoms with Gasteiger partial charge in [-0.2, -0.15) is 0 Å². The summed E-state index contributed by atoms with van der Waals surface area (Å²) in [5, 5.41) is 8.45. The van der Waals surface area contributed by atoms with Crippen molar-refractivity contribution in [3.63, 3.8) is 0 Å². The van der Waals surface area contributed by atoms with Gasteiger partial charge in [0, 0.05) is 0 Å². The van der Waals surface area contributed by atoms with Gasteiger partial charge in [0.05, 0.1) is 0 Å². The number of hydrogen-bond acceptors (Lipinski definition) is 1. The molecule has 0 aliphatic carbocycles. The zero-order valence-electron chi connectivity index (χ0n) is 3.15. The molecule has 28 valence electrons. The molecule has 1 heterocycles. The Kier molecular flexibility index (Phi) is 0.654. The van der Waals surface area contributed by atoms with Gasteiger partial charge in [0.1, 0.15) is 0 Å². The monoisotopic (exact) mass is 70.1 g/mol. The van der Waals surface area contributed by atoms with E-state index in [9.17, 15) is 0 Å². The fourth-order valence-corrected chi connectivity index (χ4v) is 0.387. The average Bonchev–Trinajstić information content (AvgIpc) is 1.30. The molecule has 0 aromatic heterocycles. The van der Waals surface area contributed by atoms with E-state index in [1.54, 1.807) is 0 Å². The maximum Gasteiger partial charge on any atom is 0.288 e. The zero-order chi connectivity index (χ0) is 3.70. The van der Waals surface area contributed by atoms with Crippen LogP contribution < -0.4 is 0 Å². The van der Waals surface area contributed by atoms with E-state index < -0.39 is 0 Å². The fourth-order valence-electron chi connectivity index (χ4n) is 0.387. The SMILES string of the molecule is OB1CCC1. The van der Waals surface area contributed by atoms with Crippen LogP contribution in [-0.4, -0.2) is 11.9 Å². The van der Waals surface area contributed by atoms with Crippen molar-refractivity contribution >= 4 is 6.92 Å². The summed E-state index contributed by atoms with van der Waals surface area (Å²) in [5.41, 5.74) is 0. The molecule has 1 fully saturated rings. The first-order chi connectivity index (χ1) is 2.39. The highest BCUT2D eigenvalue weighted by atomic mass is 16.2. The molecular formula is C3H7BO. The predicted molar refractivity (Wildman–Crippen MR) is 22.2 cm³/mol. The van der Waals surface area contributed by atoms with Crippen LogP contribution in [-0.2, 0) is 0 Å². The Morgan fingerprint density at radius 3 is 1.80 bits per heavy atom. The molecule has 0 atom stereocenters. The van der Waals surface area contributed by atoms with Crippen LogP contribution in [0, 0.1) is 0 Å². The molecule has 0 unspecified atom stereocenters. The third-order valence-electron chi connectivity index (χ3n) is 1.07. The van der Waals surface area contributed by atoms with Crippen molar-refractivity contribution in [3.8, 4) is 0 Å². The molecule has 1 aliphatic heterocycles. The van der Waals surface area contributed by atoms with Crippen LogP contribution in [0.3, 0.4) is 0 Å². The summed E-state index contributed by atoms with van der Waals surface area (Å²) in [6.07, 6.45) is 3.32. The lowest BCUT2D eigenvalue weighted by atomic mass is 9.50. The fraction of sp³-hybridized carbons (Fsp3) is 1.00. The van der Waals surface area contributed by atoms with Gasteiger partial charge in [0.15, 0.2) is 0 Å². The first kappa shape index (κ1) is 3.22. The Morgan fingerprint density at radius 1 is 1.40 bits per heavy atom. The van der Waals surface area contributed by atoms with Gasteiger partial charge in [-0.25, -0.2) is 0 Å². The molecule has 1 nitrogen and oxygen atoms in total. The summed E-state index contributed by atoms with van der Waals surface area (Å²) < 4.78 is 0. The van der Waals surface area contributed by atoms with Crippen LogP contribution in [0.2, 0.25) is 12.6 Å². The van der Waals surface area contributed by atoms with Gasteiger partial charge in [-0.1, -0.05) is 6.42 Å². The van der Waals surface area contributed by atoms with Gasteiger partial charge in [-0.05, 0) is 12.6 Å². The van der Waals surface area contributed by atoms with Gasteiger partial charge in [0.25, 0.3) is 6.92 Å². The first-order valence-corrected chi connectivity index (χ1v) is 2.07. The summed E-state index contributed by atoms with van der Waals surface area (Å²) in [5.74, 6) is 0. The minimum atomic E-state index is 0.0648. The van der Waals surface area contributed by atoms with Gasteiger partial charge < -0.3 is 5.02 Å². The zero-order valence-corrected chi connectivity index (χ0v) is 3.15. The van der Waals surface area contributed by atoms with Crippen LogP contribution in [0.15, 0.2) is 0 Å². The lowest BCUT2D eigenvalue weighted by Gasteiger charge is -2.12. The molecule has 0 radical (unpaired) electrons. The molecule has 1 saturated heterocycles. The Morgan fingerprint density at radius 2 is 1.80 bits per heavy atom. The van der Waals surface area contributed by atoms with E-state index >= 15 is 0 Å². The summed E-state index contributed by atoms with van der Waals surface area (Å²) in [6, 6.07) is 0. The molecule has 1 rings (SSSR count). The smallest absolute Gasteiger partial charge is 0.288 e. The predicted octanol–water partition coefficient (Wildman–Crippen LogP) is 0.374. The van der Waals surface area contributed by atoms with Crippen molar-refractivity contribution in [1.82, 2.24) is 0 Å². The lowest BCUT2D eigenvalue weighted by molar-refractivity contribution is 0.536. The maximum atomic E-state index is 8.45. The van der Waals surface area contributed by atoms with E-state index in [4.69, 9.17) is 5.02 Å². The van der Waals surface area contributed by atoms with Gasteiger partial charge in [-0.3, -0.25) is 0 Å². The normalized spacial score (nSPS) is 22.2. The second kappa shape index (κ2) is 1.01. The van der Waals surface area contributed by atoms with Crippen LogP contribution in [0.1, 0.15) is 6.42 Å². The third-order valence-corrected chi connectivity index (χ3v) is 1.07. The number of hydrogen-bond donors (Lipinski definition) is 1. The average molecular weight is 69.9 g/mol. The minimum Gasteiger partial charge on any atom is -0.450 e. The van der Waals surface area contributed by atoms with E-state index in [0.717, 1.165) is 12.6 Å². The summed E-state index contributed by atoms with van der Waals surface area (Å²) in [7, 11) is 0. The highest BCUT2D eigenvalue weighted by molar-refractivity contribution is 6.53. The van der Waals surface area contributed by atoms with Crippen molar-refractivity contribution in [1.29, 1.82) is 0 Å². The van der Waals surface area contributed by atoms with Crippen molar-refractivity contribution < 1.29 is 5.02 Å². The highest BCUT2D eigenvalue weighted by Gasteiger charge is 2.18. The molecule has 5 heavy (non-hydrogen) atoms. The summed E-state index contributed by atoms with van der Waals surface area (Å²) in [6.45, 7) is 0.0648. The second-order valence-electron chi connectivity index (χ2n) is 1.58. The topological polar surface area (TPSA) is 20.2 Å². The second-order valence-corrected chi connectivity index (χ2v) is 1.58. The van der Waals surface area contributed by atoms with E-state index in [1.807, 2.05) is 0 Å². The molecule has 1 aliphatic rings. The first-order valence-electron chi connectivity index (χ1n) is 2.07. The van der Waals surface area contributed by atoms with Crippen molar-refractivity contribution in [2.75, 3.05) is 0 Å². The molecule has 0 aromatic carbocycles. The molecule has 1 N–H and O–H groups in total. The van der Waals surface area contributed by atoms with Crippen LogP contribution >= 0.6 is 0 Å². The minimum absolute atomic E-state index is 0.0648. The van der Waals surface area contributed by atoms with Crippen LogP contribution in [0.4, 0.5) is 0 Å². The van der Waals surface area contributed by atoms with Gasteiger partial charge in [-0.15, -0.1) is 0 Å². The van der Waals surface area contributed by atoms with E-state index in [0.29, 0.717) is 0 Å². The van der Waals surface area contributed by atoms with Gasteiger partial charge >= 0.3 is 0 Å². The molecule has 2 heteroatoms. The number of rotatable bonds is 0. The molecule has 0 bridgehead atoms. The third kappa shape index (κ3) is 0.455. The van der Waals surface area contributed by atoms with E-state index in [2.05, 4.69) is 0 Å². The maximum absolute atomic E-state index is 8.45. The molecular weight excluding hydrogens is 62.8 g/mol. The highest BCUT2D eigenvalue weighted by Crippen LogP contribution is 2.15. The molecule has 0 saturated carbocycles. The van der Waals surface area contributed by atoms with Crippen LogP contribution in [0.25, 0.3) is 0 Å². The Balaban J connectivity index is 2.08. The Bertz CT molecular complexity index is 33.9.